The predicted octanol–water partition coefficient (Wildman–Crippen LogP) is 3.04. The highest BCUT2D eigenvalue weighted by molar-refractivity contribution is 6.31. The summed E-state index contributed by atoms with van der Waals surface area (Å²) in [7, 11) is 0. The van der Waals surface area contributed by atoms with Crippen molar-refractivity contribution < 1.29 is 14.0 Å². The molecule has 5 nitrogen and oxygen atoms in total. The van der Waals surface area contributed by atoms with Crippen LogP contribution in [0, 0.1) is 17.2 Å². The number of likely N-dealkylation sites (tertiary alicyclic amines) is 1. The molecule has 0 unspecified atom stereocenters. The third-order valence-corrected chi connectivity index (χ3v) is 5.21. The Kier molecular flexibility index (Phi) is 5.01. The zero-order valence-electron chi connectivity index (χ0n) is 15.4. The maximum absolute atomic E-state index is 13.2. The zero-order chi connectivity index (χ0) is 19.1. The van der Waals surface area contributed by atoms with Crippen LogP contribution in [-0.2, 0) is 9.59 Å². The lowest BCUT2D eigenvalue weighted by Gasteiger charge is -2.58. The monoisotopic (exact) mass is 381 g/mol. The Labute approximate surface area is 158 Å². The fourth-order valence-corrected chi connectivity index (χ4v) is 4.10. The molecule has 1 aliphatic heterocycles. The molecule has 0 aromatic heterocycles. The molecule has 1 spiro atoms. The molecule has 1 saturated heterocycles. The van der Waals surface area contributed by atoms with Gasteiger partial charge >= 0.3 is 0 Å². The standard InChI is InChI=1S/C19H25ClFN3O2/c1-18(2,3)23-16(25)9-24-10-19(11-24)7-12(8-19)17(26)22-13-4-5-15(21)14(20)6-13/h4-6,12H,7-11H2,1-3H3,(H,22,26)(H,23,25). The maximum atomic E-state index is 13.2. The van der Waals surface area contributed by atoms with E-state index in [-0.39, 0.29) is 33.7 Å². The lowest BCUT2D eigenvalue weighted by atomic mass is 9.57. The molecule has 1 heterocycles. The van der Waals surface area contributed by atoms with Crippen LogP contribution < -0.4 is 10.6 Å². The van der Waals surface area contributed by atoms with E-state index in [1.807, 2.05) is 20.8 Å². The van der Waals surface area contributed by atoms with Crippen LogP contribution in [0.1, 0.15) is 33.6 Å². The van der Waals surface area contributed by atoms with Gasteiger partial charge in [-0.25, -0.2) is 4.39 Å². The van der Waals surface area contributed by atoms with Gasteiger partial charge in [-0.2, -0.15) is 0 Å². The highest BCUT2D eigenvalue weighted by Crippen LogP contribution is 2.52. The van der Waals surface area contributed by atoms with Crippen molar-refractivity contribution in [2.45, 2.75) is 39.2 Å². The van der Waals surface area contributed by atoms with E-state index in [1.165, 1.54) is 18.2 Å². The van der Waals surface area contributed by atoms with E-state index in [0.29, 0.717) is 12.2 Å². The number of nitrogens with one attached hydrogen (secondary N) is 2. The molecule has 26 heavy (non-hydrogen) atoms. The first-order valence-corrected chi connectivity index (χ1v) is 9.22. The van der Waals surface area contributed by atoms with Gasteiger partial charge in [0.15, 0.2) is 0 Å². The SMILES string of the molecule is CC(C)(C)NC(=O)CN1CC2(CC(C(=O)Nc3ccc(F)c(Cl)c3)C2)C1. The summed E-state index contributed by atoms with van der Waals surface area (Å²) in [5, 5.41) is 5.76. The van der Waals surface area contributed by atoms with Crippen LogP contribution in [0.15, 0.2) is 18.2 Å². The van der Waals surface area contributed by atoms with Crippen LogP contribution in [0.3, 0.4) is 0 Å². The van der Waals surface area contributed by atoms with Gasteiger partial charge in [0.1, 0.15) is 5.82 Å². The molecule has 1 aliphatic carbocycles. The first kappa shape index (κ1) is 19.1. The number of carbonyl (C=O) groups excluding carboxylic acids is 2. The number of halogens is 2. The second kappa shape index (κ2) is 6.82. The minimum absolute atomic E-state index is 0.00366. The second-order valence-electron chi connectivity index (χ2n) is 8.67. The van der Waals surface area contributed by atoms with E-state index in [2.05, 4.69) is 15.5 Å². The number of amides is 2. The average Bonchev–Trinajstić information content (AvgIpc) is 2.41. The van der Waals surface area contributed by atoms with Crippen LogP contribution in [-0.4, -0.2) is 41.9 Å². The molecular formula is C19H25ClFN3O2. The Morgan fingerprint density at radius 2 is 1.96 bits per heavy atom. The number of anilines is 1. The molecule has 1 saturated carbocycles. The Morgan fingerprint density at radius 1 is 1.31 bits per heavy atom. The molecule has 3 rings (SSSR count). The van der Waals surface area contributed by atoms with Gasteiger partial charge in [-0.3, -0.25) is 14.5 Å². The van der Waals surface area contributed by atoms with Crippen LogP contribution in [0.4, 0.5) is 10.1 Å². The van der Waals surface area contributed by atoms with Crippen molar-refractivity contribution in [3.8, 4) is 0 Å². The fourth-order valence-electron chi connectivity index (χ4n) is 3.92. The Morgan fingerprint density at radius 3 is 2.54 bits per heavy atom. The van der Waals surface area contributed by atoms with Gasteiger partial charge in [-0.15, -0.1) is 0 Å². The molecule has 0 radical (unpaired) electrons. The third-order valence-electron chi connectivity index (χ3n) is 4.92. The number of nitrogens with zero attached hydrogens (tertiary/aromatic N) is 1. The molecule has 7 heteroatoms. The molecule has 2 N–H and O–H groups in total. The molecule has 2 aliphatic rings. The van der Waals surface area contributed by atoms with Crippen molar-refractivity contribution in [3.63, 3.8) is 0 Å². The van der Waals surface area contributed by atoms with Gasteiger partial charge in [0.2, 0.25) is 11.8 Å². The van der Waals surface area contributed by atoms with Crippen LogP contribution in [0.2, 0.25) is 5.02 Å². The van der Waals surface area contributed by atoms with Gasteiger partial charge in [0.05, 0.1) is 11.6 Å². The van der Waals surface area contributed by atoms with Crippen molar-refractivity contribution in [1.29, 1.82) is 0 Å². The number of benzene rings is 1. The second-order valence-corrected chi connectivity index (χ2v) is 9.07. The summed E-state index contributed by atoms with van der Waals surface area (Å²) in [5.74, 6) is -0.557. The molecule has 1 aromatic rings. The highest BCUT2D eigenvalue weighted by atomic mass is 35.5. The molecule has 0 atom stereocenters. The van der Waals surface area contributed by atoms with Gasteiger partial charge < -0.3 is 10.6 Å². The average molecular weight is 382 g/mol. The molecule has 2 fully saturated rings. The molecule has 142 valence electrons. The summed E-state index contributed by atoms with van der Waals surface area (Å²) in [6, 6.07) is 4.17. The minimum atomic E-state index is -0.502. The van der Waals surface area contributed by atoms with Gasteiger partial charge in [-0.05, 0) is 57.2 Å². The van der Waals surface area contributed by atoms with E-state index < -0.39 is 5.82 Å². The van der Waals surface area contributed by atoms with Crippen molar-refractivity contribution in [1.82, 2.24) is 10.2 Å². The molecule has 0 bridgehead atoms. The fraction of sp³-hybridized carbons (Fsp3) is 0.579. The van der Waals surface area contributed by atoms with Gasteiger partial charge in [0, 0.05) is 30.2 Å². The van der Waals surface area contributed by atoms with E-state index in [1.54, 1.807) is 0 Å². The number of rotatable bonds is 4. The zero-order valence-corrected chi connectivity index (χ0v) is 16.1. The van der Waals surface area contributed by atoms with E-state index in [9.17, 15) is 14.0 Å². The Hall–Kier alpha value is -1.66. The van der Waals surface area contributed by atoms with Crippen molar-refractivity contribution >= 4 is 29.1 Å². The lowest BCUT2D eigenvalue weighted by molar-refractivity contribution is -0.144. The quantitative estimate of drug-likeness (QED) is 0.842. The van der Waals surface area contributed by atoms with Gasteiger partial charge in [-0.1, -0.05) is 11.6 Å². The van der Waals surface area contributed by atoms with Gasteiger partial charge in [0.25, 0.3) is 0 Å². The Balaban J connectivity index is 1.41. The maximum Gasteiger partial charge on any atom is 0.234 e. The smallest absolute Gasteiger partial charge is 0.234 e. The first-order valence-electron chi connectivity index (χ1n) is 8.85. The number of carbonyl (C=O) groups is 2. The van der Waals surface area contributed by atoms with Crippen LogP contribution in [0.25, 0.3) is 0 Å². The summed E-state index contributed by atoms with van der Waals surface area (Å²) in [5.41, 5.74) is 0.462. The first-order chi connectivity index (χ1) is 12.1. The minimum Gasteiger partial charge on any atom is -0.350 e. The van der Waals surface area contributed by atoms with E-state index >= 15 is 0 Å². The normalized spacial score (nSPS) is 19.6. The third kappa shape index (κ3) is 4.35. The lowest BCUT2D eigenvalue weighted by Crippen LogP contribution is -2.65. The van der Waals surface area contributed by atoms with Crippen molar-refractivity contribution in [2.24, 2.45) is 11.3 Å². The number of hydrogen-bond donors (Lipinski definition) is 2. The van der Waals surface area contributed by atoms with Crippen molar-refractivity contribution in [3.05, 3.63) is 29.0 Å². The van der Waals surface area contributed by atoms with Crippen LogP contribution >= 0.6 is 11.6 Å². The molecule has 1 aromatic carbocycles. The molecule has 2 amide bonds. The van der Waals surface area contributed by atoms with E-state index in [4.69, 9.17) is 11.6 Å². The van der Waals surface area contributed by atoms with Crippen LogP contribution in [0.5, 0.6) is 0 Å². The summed E-state index contributed by atoms with van der Waals surface area (Å²) >= 11 is 5.73. The summed E-state index contributed by atoms with van der Waals surface area (Å²) in [6.45, 7) is 8.02. The van der Waals surface area contributed by atoms with E-state index in [0.717, 1.165) is 25.9 Å². The topological polar surface area (TPSA) is 61.4 Å². The largest absolute Gasteiger partial charge is 0.350 e. The molecular weight excluding hydrogens is 357 g/mol. The highest BCUT2D eigenvalue weighted by Gasteiger charge is 2.54. The Bertz CT molecular complexity index is 718. The summed E-state index contributed by atoms with van der Waals surface area (Å²) < 4.78 is 13.2. The van der Waals surface area contributed by atoms with Crippen molar-refractivity contribution in [2.75, 3.05) is 25.0 Å². The predicted molar refractivity (Wildman–Crippen MR) is 99.5 cm³/mol. The summed E-state index contributed by atoms with van der Waals surface area (Å²) in [6.07, 6.45) is 1.65. The number of hydrogen-bond acceptors (Lipinski definition) is 3. The summed E-state index contributed by atoms with van der Waals surface area (Å²) in [4.78, 5) is 26.4.